The summed E-state index contributed by atoms with van der Waals surface area (Å²) < 4.78 is 5.18. The minimum Gasteiger partial charge on any atom is -0.462 e. The van der Waals surface area contributed by atoms with Crippen LogP contribution in [0.4, 0.5) is 16.8 Å². The SMILES string of the molecule is CCCCOC(=O)c1ccc(NC(=O)Cc2csc(Nc3nc(C)cc(C)n3)n2)cc1. The van der Waals surface area contributed by atoms with E-state index in [2.05, 4.69) is 25.6 Å². The number of hydrogen-bond donors (Lipinski definition) is 2. The summed E-state index contributed by atoms with van der Waals surface area (Å²) in [6, 6.07) is 8.53. The van der Waals surface area contributed by atoms with E-state index in [1.54, 1.807) is 24.3 Å². The summed E-state index contributed by atoms with van der Waals surface area (Å²) in [4.78, 5) is 37.4. The van der Waals surface area contributed by atoms with E-state index in [0.717, 1.165) is 24.2 Å². The number of hydrogen-bond acceptors (Lipinski definition) is 8. The highest BCUT2D eigenvalue weighted by Crippen LogP contribution is 2.20. The molecular weight excluding hydrogens is 414 g/mol. The number of thiazole rings is 1. The molecule has 1 amide bonds. The van der Waals surface area contributed by atoms with E-state index in [1.165, 1.54) is 11.3 Å². The van der Waals surface area contributed by atoms with Gasteiger partial charge >= 0.3 is 5.97 Å². The summed E-state index contributed by atoms with van der Waals surface area (Å²) in [6.07, 6.45) is 1.94. The number of amides is 1. The van der Waals surface area contributed by atoms with Gasteiger partial charge in [-0.1, -0.05) is 13.3 Å². The fraction of sp³-hybridized carbons (Fsp3) is 0.318. The number of ether oxygens (including phenoxy) is 1. The Morgan fingerprint density at radius 3 is 2.45 bits per heavy atom. The Kier molecular flexibility index (Phi) is 7.66. The van der Waals surface area contributed by atoms with Crippen LogP contribution in [0.1, 0.15) is 47.2 Å². The van der Waals surface area contributed by atoms with Crippen LogP contribution in [-0.2, 0) is 16.0 Å². The van der Waals surface area contributed by atoms with Crippen molar-refractivity contribution in [1.29, 1.82) is 0 Å². The Morgan fingerprint density at radius 1 is 1.06 bits per heavy atom. The van der Waals surface area contributed by atoms with Crippen molar-refractivity contribution in [2.75, 3.05) is 17.2 Å². The fourth-order valence-electron chi connectivity index (χ4n) is 2.77. The van der Waals surface area contributed by atoms with Gasteiger partial charge in [0.2, 0.25) is 11.9 Å². The summed E-state index contributed by atoms with van der Waals surface area (Å²) >= 11 is 1.38. The molecule has 0 saturated heterocycles. The van der Waals surface area contributed by atoms with Crippen molar-refractivity contribution in [3.63, 3.8) is 0 Å². The maximum Gasteiger partial charge on any atom is 0.338 e. The zero-order chi connectivity index (χ0) is 22.2. The van der Waals surface area contributed by atoms with Gasteiger partial charge in [-0.25, -0.2) is 19.7 Å². The molecule has 8 nitrogen and oxygen atoms in total. The van der Waals surface area contributed by atoms with E-state index in [-0.39, 0.29) is 18.3 Å². The molecule has 31 heavy (non-hydrogen) atoms. The molecule has 2 aromatic heterocycles. The predicted octanol–water partition coefficient (Wildman–Crippen LogP) is 4.43. The summed E-state index contributed by atoms with van der Waals surface area (Å²) in [7, 11) is 0. The van der Waals surface area contributed by atoms with Crippen LogP contribution >= 0.6 is 11.3 Å². The first-order valence-corrected chi connectivity index (χ1v) is 10.9. The summed E-state index contributed by atoms with van der Waals surface area (Å²) in [6.45, 7) is 6.25. The molecule has 1 aromatic carbocycles. The maximum absolute atomic E-state index is 12.3. The molecule has 0 aliphatic heterocycles. The Balaban J connectivity index is 1.52. The molecule has 2 N–H and O–H groups in total. The first-order chi connectivity index (χ1) is 14.9. The van der Waals surface area contributed by atoms with E-state index in [0.29, 0.717) is 34.6 Å². The van der Waals surface area contributed by atoms with Gasteiger partial charge in [-0.3, -0.25) is 4.79 Å². The lowest BCUT2D eigenvalue weighted by Crippen LogP contribution is -2.15. The van der Waals surface area contributed by atoms with Crippen LogP contribution in [0.2, 0.25) is 0 Å². The van der Waals surface area contributed by atoms with Crippen molar-refractivity contribution in [3.8, 4) is 0 Å². The van der Waals surface area contributed by atoms with Crippen LogP contribution < -0.4 is 10.6 Å². The molecular formula is C22H25N5O3S. The quantitative estimate of drug-likeness (QED) is 0.375. The molecule has 0 radical (unpaired) electrons. The summed E-state index contributed by atoms with van der Waals surface area (Å²) in [5, 5.41) is 8.33. The molecule has 0 aliphatic carbocycles. The largest absolute Gasteiger partial charge is 0.462 e. The third-order valence-electron chi connectivity index (χ3n) is 4.23. The van der Waals surface area contributed by atoms with Crippen LogP contribution in [0.5, 0.6) is 0 Å². The number of carbonyl (C=O) groups excluding carboxylic acids is 2. The van der Waals surface area contributed by atoms with Gasteiger partial charge in [0.1, 0.15) is 0 Å². The van der Waals surface area contributed by atoms with Crippen molar-refractivity contribution in [3.05, 3.63) is 58.4 Å². The summed E-state index contributed by atoms with van der Waals surface area (Å²) in [5.41, 5.74) is 3.44. The average molecular weight is 440 g/mol. The number of esters is 1. The number of aromatic nitrogens is 3. The van der Waals surface area contributed by atoms with E-state index < -0.39 is 0 Å². The van der Waals surface area contributed by atoms with Gasteiger partial charge in [-0.2, -0.15) is 0 Å². The van der Waals surface area contributed by atoms with Crippen LogP contribution in [0.3, 0.4) is 0 Å². The topological polar surface area (TPSA) is 106 Å². The minimum atomic E-state index is -0.360. The minimum absolute atomic E-state index is 0.132. The highest BCUT2D eigenvalue weighted by atomic mass is 32.1. The molecule has 0 spiro atoms. The molecule has 0 saturated carbocycles. The third-order valence-corrected chi connectivity index (χ3v) is 5.04. The van der Waals surface area contributed by atoms with Gasteiger partial charge in [-0.15, -0.1) is 11.3 Å². The smallest absolute Gasteiger partial charge is 0.338 e. The van der Waals surface area contributed by atoms with Gasteiger partial charge in [0.05, 0.1) is 24.3 Å². The van der Waals surface area contributed by atoms with Crippen molar-refractivity contribution in [2.45, 2.75) is 40.0 Å². The highest BCUT2D eigenvalue weighted by Gasteiger charge is 2.11. The lowest BCUT2D eigenvalue weighted by atomic mass is 10.2. The average Bonchev–Trinajstić information content (AvgIpc) is 3.14. The first kappa shape index (κ1) is 22.4. The third kappa shape index (κ3) is 6.85. The van der Waals surface area contributed by atoms with Crippen molar-refractivity contribution in [1.82, 2.24) is 15.0 Å². The van der Waals surface area contributed by atoms with Crippen LogP contribution in [0, 0.1) is 13.8 Å². The highest BCUT2D eigenvalue weighted by molar-refractivity contribution is 7.13. The number of anilines is 3. The molecule has 9 heteroatoms. The lowest BCUT2D eigenvalue weighted by molar-refractivity contribution is -0.115. The van der Waals surface area contributed by atoms with Crippen LogP contribution in [0.15, 0.2) is 35.7 Å². The molecule has 2 heterocycles. The number of nitrogens with zero attached hydrogens (tertiary/aromatic N) is 3. The number of carbonyl (C=O) groups is 2. The predicted molar refractivity (Wildman–Crippen MR) is 121 cm³/mol. The molecule has 0 bridgehead atoms. The molecule has 0 atom stereocenters. The second-order valence-corrected chi connectivity index (χ2v) is 7.89. The van der Waals surface area contributed by atoms with Gasteiger partial charge in [-0.05, 0) is 50.6 Å². The van der Waals surface area contributed by atoms with Crippen molar-refractivity contribution < 1.29 is 14.3 Å². The van der Waals surface area contributed by atoms with E-state index in [4.69, 9.17) is 4.74 Å². The second kappa shape index (κ2) is 10.6. The fourth-order valence-corrected chi connectivity index (χ4v) is 3.48. The number of benzene rings is 1. The zero-order valence-corrected chi connectivity index (χ0v) is 18.6. The zero-order valence-electron chi connectivity index (χ0n) is 17.8. The van der Waals surface area contributed by atoms with Crippen LogP contribution in [0.25, 0.3) is 0 Å². The van der Waals surface area contributed by atoms with Gasteiger partial charge < -0.3 is 15.4 Å². The van der Waals surface area contributed by atoms with Crippen molar-refractivity contribution in [2.24, 2.45) is 0 Å². The number of nitrogens with one attached hydrogen (secondary N) is 2. The Hall–Kier alpha value is -3.33. The molecule has 3 rings (SSSR count). The van der Waals surface area contributed by atoms with Crippen LogP contribution in [-0.4, -0.2) is 33.4 Å². The van der Waals surface area contributed by atoms with Crippen molar-refractivity contribution >= 4 is 40.0 Å². The van der Waals surface area contributed by atoms with E-state index >= 15 is 0 Å². The Morgan fingerprint density at radius 2 is 1.77 bits per heavy atom. The van der Waals surface area contributed by atoms with Gasteiger partial charge in [0.25, 0.3) is 0 Å². The Bertz CT molecular complexity index is 1030. The molecule has 0 aliphatic rings. The monoisotopic (exact) mass is 439 g/mol. The normalized spacial score (nSPS) is 10.5. The maximum atomic E-state index is 12.3. The molecule has 0 fully saturated rings. The second-order valence-electron chi connectivity index (χ2n) is 7.04. The lowest BCUT2D eigenvalue weighted by Gasteiger charge is -2.06. The first-order valence-electron chi connectivity index (χ1n) is 10.0. The van der Waals surface area contributed by atoms with Gasteiger partial charge in [0, 0.05) is 22.5 Å². The molecule has 162 valence electrons. The molecule has 3 aromatic rings. The molecule has 0 unspecified atom stereocenters. The number of rotatable bonds is 9. The van der Waals surface area contributed by atoms with E-state index in [1.807, 2.05) is 32.2 Å². The standard InChI is InChI=1S/C22H25N5O3S/c1-4-5-10-30-20(29)16-6-8-17(9-7-16)25-19(28)12-18-13-31-22(26-18)27-21-23-14(2)11-15(3)24-21/h6-9,11,13H,4-5,10,12H2,1-3H3,(H,25,28)(H,23,24,26,27). The summed E-state index contributed by atoms with van der Waals surface area (Å²) in [5.74, 6) is -0.0736. The van der Waals surface area contributed by atoms with E-state index in [9.17, 15) is 9.59 Å². The number of aryl methyl sites for hydroxylation is 2. The van der Waals surface area contributed by atoms with Gasteiger partial charge in [0.15, 0.2) is 5.13 Å². The Labute approximate surface area is 185 Å². The number of unbranched alkanes of at least 4 members (excludes halogenated alkanes) is 1.